The van der Waals surface area contributed by atoms with Crippen molar-refractivity contribution in [2.75, 3.05) is 21.0 Å². The second kappa shape index (κ2) is 5.75. The van der Waals surface area contributed by atoms with Gasteiger partial charge in [-0.3, -0.25) is 4.90 Å². The van der Waals surface area contributed by atoms with E-state index in [1.165, 1.54) is 22.3 Å². The normalized spacial score (nSPS) is 22.6. The molecule has 0 aromatic heterocycles. The highest BCUT2D eigenvalue weighted by Crippen LogP contribution is 2.50. The van der Waals surface area contributed by atoms with Crippen molar-refractivity contribution < 1.29 is 19.3 Å². The Morgan fingerprint density at radius 2 is 1.60 bits per heavy atom. The molecule has 1 N–H and O–H groups in total. The molecular weight excluding hydrogens is 338 g/mol. The maximum Gasteiger partial charge on any atom is 0.231 e. The highest BCUT2D eigenvalue weighted by Gasteiger charge is 2.39. The lowest BCUT2D eigenvalue weighted by Crippen LogP contribution is -2.40. The van der Waals surface area contributed by atoms with Gasteiger partial charge in [-0.05, 0) is 66.4 Å². The summed E-state index contributed by atoms with van der Waals surface area (Å²) in [6.07, 6.45) is 1.79. The Bertz CT molecular complexity index is 854. The van der Waals surface area contributed by atoms with Gasteiger partial charge in [0, 0.05) is 12.1 Å². The molecule has 25 heavy (non-hydrogen) atoms. The molecule has 5 nitrogen and oxygen atoms in total. The largest absolute Gasteiger partial charge is 0.504 e. The number of phenols is 1. The predicted octanol–water partition coefficient (Wildman–Crippen LogP) is 3.07. The molecule has 0 saturated heterocycles. The Balaban J connectivity index is 0.00000157. The average molecular weight is 359 g/mol. The van der Waals surface area contributed by atoms with E-state index >= 15 is 0 Å². The molecule has 2 aromatic carbocycles. The fraction of sp³-hybridized carbons (Fsp3) is 0.368. The minimum Gasteiger partial charge on any atom is -0.504 e. The van der Waals surface area contributed by atoms with Crippen molar-refractivity contribution in [1.29, 1.82) is 0 Å². The van der Waals surface area contributed by atoms with Crippen LogP contribution < -0.4 is 14.2 Å². The zero-order valence-electron chi connectivity index (χ0n) is 14.2. The molecule has 0 saturated carbocycles. The molecule has 0 amide bonds. The number of aromatic hydroxyl groups is 1. The number of hydrogen-bond acceptors (Lipinski definition) is 5. The third kappa shape index (κ3) is 2.28. The fourth-order valence-electron chi connectivity index (χ4n) is 4.34. The second-order valence-corrected chi connectivity index (χ2v) is 6.73. The van der Waals surface area contributed by atoms with E-state index in [-0.39, 0.29) is 25.3 Å². The van der Waals surface area contributed by atoms with E-state index < -0.39 is 0 Å². The smallest absolute Gasteiger partial charge is 0.231 e. The van der Waals surface area contributed by atoms with Gasteiger partial charge < -0.3 is 19.3 Å². The van der Waals surface area contributed by atoms with Crippen LogP contribution >= 0.6 is 13.5 Å². The third-order valence-electron chi connectivity index (χ3n) is 5.60. The summed E-state index contributed by atoms with van der Waals surface area (Å²) in [5.74, 6) is 2.44. The minimum atomic E-state index is 0. The molecule has 0 spiro atoms. The first kappa shape index (κ1) is 16.4. The highest BCUT2D eigenvalue weighted by atomic mass is 32.1. The van der Waals surface area contributed by atoms with Crippen molar-refractivity contribution >= 4 is 13.5 Å². The quantitative estimate of drug-likeness (QED) is 0.848. The Hall–Kier alpha value is -2.05. The van der Waals surface area contributed by atoms with E-state index in [4.69, 9.17) is 14.2 Å². The number of phenolic OH excluding ortho intramolecular Hbond substituents is 1. The molecule has 0 unspecified atom stereocenters. The van der Waals surface area contributed by atoms with E-state index in [1.807, 2.05) is 12.1 Å². The summed E-state index contributed by atoms with van der Waals surface area (Å²) >= 11 is 0. The topological polar surface area (TPSA) is 51.2 Å². The molecular formula is C19H21NO4S. The number of benzene rings is 2. The summed E-state index contributed by atoms with van der Waals surface area (Å²) in [5, 5.41) is 10.2. The fourth-order valence-corrected chi connectivity index (χ4v) is 4.34. The molecule has 6 heteroatoms. The highest BCUT2D eigenvalue weighted by molar-refractivity contribution is 7.59. The van der Waals surface area contributed by atoms with Gasteiger partial charge in [-0.1, -0.05) is 0 Å². The molecule has 3 aliphatic heterocycles. The van der Waals surface area contributed by atoms with Gasteiger partial charge in [-0.2, -0.15) is 13.5 Å². The lowest BCUT2D eigenvalue weighted by Gasteiger charge is -2.46. The molecule has 2 bridgehead atoms. The number of ether oxygens (including phenoxy) is 3. The maximum atomic E-state index is 10.2. The average Bonchev–Trinajstić information content (AvgIpc) is 3.02. The third-order valence-corrected chi connectivity index (χ3v) is 5.60. The van der Waals surface area contributed by atoms with E-state index in [2.05, 4.69) is 24.1 Å². The number of likely N-dealkylation sites (N-methyl/N-ethyl adjacent to an activating group) is 1. The van der Waals surface area contributed by atoms with Crippen molar-refractivity contribution in [3.63, 3.8) is 0 Å². The number of rotatable bonds is 1. The van der Waals surface area contributed by atoms with Gasteiger partial charge in [0.15, 0.2) is 23.0 Å². The summed E-state index contributed by atoms with van der Waals surface area (Å²) in [6, 6.07) is 8.66. The van der Waals surface area contributed by atoms with Gasteiger partial charge in [0.25, 0.3) is 0 Å². The molecule has 3 heterocycles. The lowest BCUT2D eigenvalue weighted by molar-refractivity contribution is 0.137. The van der Waals surface area contributed by atoms with E-state index in [1.54, 1.807) is 7.11 Å². The first-order valence-corrected chi connectivity index (χ1v) is 8.20. The van der Waals surface area contributed by atoms with Crippen molar-refractivity contribution in [2.45, 2.75) is 24.9 Å². The maximum absolute atomic E-state index is 10.2. The van der Waals surface area contributed by atoms with E-state index in [0.29, 0.717) is 18.6 Å². The first-order valence-electron chi connectivity index (χ1n) is 8.20. The van der Waals surface area contributed by atoms with Crippen LogP contribution in [0.25, 0.3) is 0 Å². The summed E-state index contributed by atoms with van der Waals surface area (Å²) in [7, 11) is 3.75. The second-order valence-electron chi connectivity index (χ2n) is 6.73. The monoisotopic (exact) mass is 359 g/mol. The first-order chi connectivity index (χ1) is 11.7. The minimum absolute atomic E-state index is 0. The zero-order valence-corrected chi connectivity index (χ0v) is 15.2. The van der Waals surface area contributed by atoms with Crippen LogP contribution in [0.1, 0.15) is 34.3 Å². The van der Waals surface area contributed by atoms with Crippen molar-refractivity contribution in [1.82, 2.24) is 4.90 Å². The van der Waals surface area contributed by atoms with Crippen LogP contribution in [0.4, 0.5) is 0 Å². The van der Waals surface area contributed by atoms with Crippen LogP contribution in [-0.2, 0) is 12.8 Å². The Morgan fingerprint density at radius 1 is 1.00 bits per heavy atom. The van der Waals surface area contributed by atoms with Gasteiger partial charge in [0.05, 0.1) is 7.11 Å². The van der Waals surface area contributed by atoms with Crippen molar-refractivity contribution in [2.24, 2.45) is 0 Å². The Labute approximate surface area is 153 Å². The van der Waals surface area contributed by atoms with Crippen LogP contribution in [0.3, 0.4) is 0 Å². The number of hydrogen-bond donors (Lipinski definition) is 1. The molecule has 5 rings (SSSR count). The SMILES string of the molecule is COc1cc2c(cc1O)[C@@H]1Cc3cc4c(cc3[C@H](C2)N1C)OCO4.S. The number of nitrogens with zero attached hydrogens (tertiary/aromatic N) is 1. The summed E-state index contributed by atoms with van der Waals surface area (Å²) in [4.78, 5) is 2.40. The van der Waals surface area contributed by atoms with E-state index in [0.717, 1.165) is 24.3 Å². The summed E-state index contributed by atoms with van der Waals surface area (Å²) in [6.45, 7) is 0.299. The predicted molar refractivity (Wildman–Crippen MR) is 98.3 cm³/mol. The van der Waals surface area contributed by atoms with Crippen LogP contribution in [0.15, 0.2) is 24.3 Å². The molecule has 3 aliphatic rings. The molecule has 0 fully saturated rings. The zero-order chi connectivity index (χ0) is 16.4. The number of methoxy groups -OCH3 is 1. The lowest BCUT2D eigenvalue weighted by atomic mass is 9.76. The van der Waals surface area contributed by atoms with Crippen LogP contribution in [0.2, 0.25) is 0 Å². The van der Waals surface area contributed by atoms with Crippen LogP contribution in [-0.4, -0.2) is 31.0 Å². The van der Waals surface area contributed by atoms with E-state index in [9.17, 15) is 5.11 Å². The molecule has 0 radical (unpaired) electrons. The Kier molecular flexibility index (Phi) is 3.77. The van der Waals surface area contributed by atoms with Crippen LogP contribution in [0.5, 0.6) is 23.0 Å². The molecule has 0 aliphatic carbocycles. The van der Waals surface area contributed by atoms with Gasteiger partial charge in [-0.25, -0.2) is 0 Å². The standard InChI is InChI=1S/C19H19NO4.H2S/c1-20-14-4-11-6-18-19(24-9-23-18)8-13(11)15(20)3-10-5-17(22-2)16(21)7-12(10)14;/h5-8,14-15,21H,3-4,9H2,1-2H3;1H2/t14-,15-;/m0./s1. The molecule has 132 valence electrons. The van der Waals surface area contributed by atoms with Crippen molar-refractivity contribution in [3.05, 3.63) is 46.5 Å². The van der Waals surface area contributed by atoms with Gasteiger partial charge in [-0.15, -0.1) is 0 Å². The number of fused-ring (bicyclic) bond motifs is 7. The van der Waals surface area contributed by atoms with Gasteiger partial charge in [0.1, 0.15) is 0 Å². The van der Waals surface area contributed by atoms with Crippen LogP contribution in [0, 0.1) is 0 Å². The Morgan fingerprint density at radius 3 is 2.28 bits per heavy atom. The molecule has 2 atom stereocenters. The summed E-state index contributed by atoms with van der Waals surface area (Å²) < 4.78 is 16.4. The van der Waals surface area contributed by atoms with Gasteiger partial charge in [0.2, 0.25) is 6.79 Å². The molecule has 2 aromatic rings. The van der Waals surface area contributed by atoms with Crippen molar-refractivity contribution in [3.8, 4) is 23.0 Å². The van der Waals surface area contributed by atoms with Gasteiger partial charge >= 0.3 is 0 Å². The summed E-state index contributed by atoms with van der Waals surface area (Å²) in [5.41, 5.74) is 5.07.